The molecule has 1 aliphatic carbocycles. The van der Waals surface area contributed by atoms with E-state index in [2.05, 4.69) is 36.6 Å². The van der Waals surface area contributed by atoms with Crippen LogP contribution in [0.4, 0.5) is 0 Å². The summed E-state index contributed by atoms with van der Waals surface area (Å²) in [6.07, 6.45) is 7.40. The van der Waals surface area contributed by atoms with E-state index in [1.54, 1.807) is 0 Å². The van der Waals surface area contributed by atoms with E-state index in [9.17, 15) is 4.79 Å². The first-order valence-electron chi connectivity index (χ1n) is 8.25. The number of benzene rings is 1. The number of rotatable bonds is 5. The smallest absolute Gasteiger partial charge is 0.234 e. The SMILES string of the molecule is Cc1ccccc1[C@@H](C)NCC(=O)NC1CCCCCC1. The Morgan fingerprint density at radius 2 is 1.86 bits per heavy atom. The molecule has 0 saturated heterocycles. The van der Waals surface area contributed by atoms with Crippen LogP contribution in [0.25, 0.3) is 0 Å². The molecule has 1 aromatic carbocycles. The van der Waals surface area contributed by atoms with Gasteiger partial charge in [-0.25, -0.2) is 0 Å². The lowest BCUT2D eigenvalue weighted by Crippen LogP contribution is -2.40. The lowest BCUT2D eigenvalue weighted by atomic mass is 10.0. The van der Waals surface area contributed by atoms with E-state index in [0.717, 1.165) is 12.8 Å². The Bertz CT molecular complexity index is 450. The number of amides is 1. The monoisotopic (exact) mass is 288 g/mol. The lowest BCUT2D eigenvalue weighted by Gasteiger charge is -2.19. The summed E-state index contributed by atoms with van der Waals surface area (Å²) in [6, 6.07) is 8.91. The number of hydrogen-bond donors (Lipinski definition) is 2. The first-order chi connectivity index (χ1) is 10.2. The predicted octanol–water partition coefficient (Wildman–Crippen LogP) is 3.48. The summed E-state index contributed by atoms with van der Waals surface area (Å²) in [5.41, 5.74) is 2.53. The highest BCUT2D eigenvalue weighted by molar-refractivity contribution is 5.78. The van der Waals surface area contributed by atoms with Gasteiger partial charge in [0.1, 0.15) is 0 Å². The van der Waals surface area contributed by atoms with Crippen molar-refractivity contribution in [3.05, 3.63) is 35.4 Å². The summed E-state index contributed by atoms with van der Waals surface area (Å²) >= 11 is 0. The van der Waals surface area contributed by atoms with Crippen LogP contribution in [0.5, 0.6) is 0 Å². The molecule has 0 radical (unpaired) electrons. The zero-order valence-electron chi connectivity index (χ0n) is 13.3. The van der Waals surface area contributed by atoms with E-state index in [1.807, 2.05) is 12.1 Å². The first-order valence-corrected chi connectivity index (χ1v) is 8.25. The van der Waals surface area contributed by atoms with Crippen molar-refractivity contribution in [2.24, 2.45) is 0 Å². The minimum atomic E-state index is 0.127. The largest absolute Gasteiger partial charge is 0.352 e. The Kier molecular flexibility index (Phi) is 6.24. The highest BCUT2D eigenvalue weighted by atomic mass is 16.1. The van der Waals surface area contributed by atoms with E-state index < -0.39 is 0 Å². The maximum atomic E-state index is 12.1. The van der Waals surface area contributed by atoms with Crippen molar-refractivity contribution in [2.75, 3.05) is 6.54 Å². The van der Waals surface area contributed by atoms with Crippen molar-refractivity contribution in [3.8, 4) is 0 Å². The van der Waals surface area contributed by atoms with E-state index in [4.69, 9.17) is 0 Å². The minimum Gasteiger partial charge on any atom is -0.352 e. The van der Waals surface area contributed by atoms with Crippen LogP contribution in [0.15, 0.2) is 24.3 Å². The van der Waals surface area contributed by atoms with Crippen molar-refractivity contribution < 1.29 is 4.79 Å². The third kappa shape index (κ3) is 5.16. The molecule has 3 nitrogen and oxygen atoms in total. The summed E-state index contributed by atoms with van der Waals surface area (Å²) in [6.45, 7) is 4.62. The summed E-state index contributed by atoms with van der Waals surface area (Å²) in [5.74, 6) is 0.127. The van der Waals surface area contributed by atoms with E-state index in [-0.39, 0.29) is 11.9 Å². The molecule has 1 atom stereocenters. The van der Waals surface area contributed by atoms with Gasteiger partial charge < -0.3 is 10.6 Å². The Labute approximate surface area is 128 Å². The maximum absolute atomic E-state index is 12.1. The summed E-state index contributed by atoms with van der Waals surface area (Å²) < 4.78 is 0. The molecule has 0 unspecified atom stereocenters. The molecule has 0 bridgehead atoms. The molecule has 21 heavy (non-hydrogen) atoms. The van der Waals surface area contributed by atoms with Crippen molar-refractivity contribution in [2.45, 2.75) is 64.5 Å². The molecule has 0 aromatic heterocycles. The molecule has 1 fully saturated rings. The van der Waals surface area contributed by atoms with Gasteiger partial charge in [0, 0.05) is 12.1 Å². The van der Waals surface area contributed by atoms with E-state index in [0.29, 0.717) is 12.6 Å². The molecule has 0 heterocycles. The number of nitrogens with one attached hydrogen (secondary N) is 2. The number of carbonyl (C=O) groups is 1. The van der Waals surface area contributed by atoms with E-state index in [1.165, 1.54) is 36.8 Å². The fourth-order valence-corrected chi connectivity index (χ4v) is 3.13. The molecule has 1 aliphatic rings. The predicted molar refractivity (Wildman–Crippen MR) is 87.2 cm³/mol. The first kappa shape index (κ1) is 16.0. The van der Waals surface area contributed by atoms with Crippen molar-refractivity contribution >= 4 is 5.91 Å². The van der Waals surface area contributed by atoms with Gasteiger partial charge in [-0.1, -0.05) is 49.9 Å². The second-order valence-electron chi connectivity index (χ2n) is 6.22. The van der Waals surface area contributed by atoms with Gasteiger partial charge in [-0.3, -0.25) is 4.79 Å². The molecule has 2 N–H and O–H groups in total. The highest BCUT2D eigenvalue weighted by Crippen LogP contribution is 2.18. The molecule has 0 aliphatic heterocycles. The van der Waals surface area contributed by atoms with Crippen LogP contribution in [-0.4, -0.2) is 18.5 Å². The average Bonchev–Trinajstić information content (AvgIpc) is 2.74. The zero-order valence-corrected chi connectivity index (χ0v) is 13.3. The minimum absolute atomic E-state index is 0.127. The summed E-state index contributed by atoms with van der Waals surface area (Å²) in [5, 5.41) is 6.51. The Balaban J connectivity index is 1.76. The van der Waals surface area contributed by atoms with Gasteiger partial charge in [-0.15, -0.1) is 0 Å². The van der Waals surface area contributed by atoms with Gasteiger partial charge in [0.2, 0.25) is 5.91 Å². The molecule has 0 spiro atoms. The van der Waals surface area contributed by atoms with Gasteiger partial charge in [0.25, 0.3) is 0 Å². The third-order valence-corrected chi connectivity index (χ3v) is 4.44. The van der Waals surface area contributed by atoms with Crippen molar-refractivity contribution in [3.63, 3.8) is 0 Å². The fourth-order valence-electron chi connectivity index (χ4n) is 3.13. The van der Waals surface area contributed by atoms with Gasteiger partial charge in [0.15, 0.2) is 0 Å². The van der Waals surface area contributed by atoms with E-state index >= 15 is 0 Å². The van der Waals surface area contributed by atoms with Crippen LogP contribution in [0.1, 0.15) is 62.6 Å². The van der Waals surface area contributed by atoms with Gasteiger partial charge in [-0.2, -0.15) is 0 Å². The Hall–Kier alpha value is -1.35. The molecular weight excluding hydrogens is 260 g/mol. The summed E-state index contributed by atoms with van der Waals surface area (Å²) in [4.78, 5) is 12.1. The quantitative estimate of drug-likeness (QED) is 0.814. The zero-order chi connectivity index (χ0) is 15.1. The van der Waals surface area contributed by atoms with Gasteiger partial charge in [-0.05, 0) is 37.8 Å². The standard InChI is InChI=1S/C18H28N2O/c1-14-9-7-8-12-17(14)15(2)19-13-18(21)20-16-10-5-3-4-6-11-16/h7-9,12,15-16,19H,3-6,10-11,13H2,1-2H3,(H,20,21)/t15-/m1/s1. The van der Waals surface area contributed by atoms with Crippen LogP contribution < -0.4 is 10.6 Å². The molecule has 3 heteroatoms. The molecule has 2 rings (SSSR count). The fraction of sp³-hybridized carbons (Fsp3) is 0.611. The summed E-state index contributed by atoms with van der Waals surface area (Å²) in [7, 11) is 0. The lowest BCUT2D eigenvalue weighted by molar-refractivity contribution is -0.121. The number of hydrogen-bond acceptors (Lipinski definition) is 2. The van der Waals surface area contributed by atoms with Crippen LogP contribution in [0.3, 0.4) is 0 Å². The highest BCUT2D eigenvalue weighted by Gasteiger charge is 2.15. The number of carbonyl (C=O) groups excluding carboxylic acids is 1. The second kappa shape index (κ2) is 8.18. The van der Waals surface area contributed by atoms with Gasteiger partial charge >= 0.3 is 0 Å². The third-order valence-electron chi connectivity index (χ3n) is 4.44. The van der Waals surface area contributed by atoms with Crippen LogP contribution in [0, 0.1) is 6.92 Å². The molecule has 1 saturated carbocycles. The van der Waals surface area contributed by atoms with Crippen LogP contribution >= 0.6 is 0 Å². The molecule has 1 aromatic rings. The molecule has 116 valence electrons. The second-order valence-corrected chi connectivity index (χ2v) is 6.22. The maximum Gasteiger partial charge on any atom is 0.234 e. The number of aryl methyl sites for hydroxylation is 1. The Morgan fingerprint density at radius 1 is 1.19 bits per heavy atom. The molecular formula is C18H28N2O. The van der Waals surface area contributed by atoms with Crippen molar-refractivity contribution in [1.82, 2.24) is 10.6 Å². The van der Waals surface area contributed by atoms with Crippen molar-refractivity contribution in [1.29, 1.82) is 0 Å². The van der Waals surface area contributed by atoms with Crippen LogP contribution in [-0.2, 0) is 4.79 Å². The average molecular weight is 288 g/mol. The van der Waals surface area contributed by atoms with Crippen LogP contribution in [0.2, 0.25) is 0 Å². The Morgan fingerprint density at radius 3 is 2.52 bits per heavy atom. The topological polar surface area (TPSA) is 41.1 Å². The van der Waals surface area contributed by atoms with Gasteiger partial charge in [0.05, 0.1) is 6.54 Å². The molecule has 1 amide bonds. The normalized spacial score (nSPS) is 18.0.